The summed E-state index contributed by atoms with van der Waals surface area (Å²) in [6, 6.07) is -0.609. The Balaban J connectivity index is 4.20. The zero-order valence-electron chi connectivity index (χ0n) is 10.9. The Morgan fingerprint density at radius 2 is 1.76 bits per heavy atom. The molecule has 0 aliphatic heterocycles. The first-order chi connectivity index (χ1) is 7.92. The first kappa shape index (κ1) is 15.4. The van der Waals surface area contributed by atoms with E-state index in [0.717, 1.165) is 0 Å². The number of carbonyl (C=O) groups is 3. The third kappa shape index (κ3) is 5.89. The van der Waals surface area contributed by atoms with E-state index in [1.54, 1.807) is 13.8 Å². The molecular formula is C11H21N3O3. The molecule has 0 heterocycles. The van der Waals surface area contributed by atoms with Gasteiger partial charge in [0, 0.05) is 20.0 Å². The highest BCUT2D eigenvalue weighted by molar-refractivity contribution is 5.90. The quantitative estimate of drug-likeness (QED) is 0.660. The van der Waals surface area contributed by atoms with Crippen LogP contribution in [0.4, 0.5) is 0 Å². The summed E-state index contributed by atoms with van der Waals surface area (Å²) >= 11 is 0. The number of hydrogen-bond donors (Lipinski definition) is 2. The molecule has 0 unspecified atom stereocenters. The number of likely N-dealkylation sites (N-methyl/N-ethyl adjacent to an activating group) is 2. The standard InChI is InChI=1S/C11H21N3O3/c1-5-9(15)13-8(3)11(17)14(4)7-10(16)12-6-2/h8H,5-7H2,1-4H3,(H,12,16)(H,13,15)/t8-/m0/s1. The molecule has 0 bridgehead atoms. The molecule has 0 rings (SSSR count). The average molecular weight is 243 g/mol. The average Bonchev–Trinajstić information content (AvgIpc) is 2.27. The van der Waals surface area contributed by atoms with Crippen LogP contribution < -0.4 is 10.6 Å². The predicted octanol–water partition coefficient (Wildman–Crippen LogP) is -0.504. The van der Waals surface area contributed by atoms with Crippen LogP contribution in [0.1, 0.15) is 27.2 Å². The molecule has 0 aromatic rings. The maximum absolute atomic E-state index is 11.8. The molecule has 0 spiro atoms. The Hall–Kier alpha value is -1.59. The van der Waals surface area contributed by atoms with E-state index in [1.807, 2.05) is 6.92 Å². The van der Waals surface area contributed by atoms with Gasteiger partial charge in [0.1, 0.15) is 6.04 Å². The fourth-order valence-electron chi connectivity index (χ4n) is 1.28. The van der Waals surface area contributed by atoms with Crippen molar-refractivity contribution < 1.29 is 14.4 Å². The number of nitrogens with one attached hydrogen (secondary N) is 2. The van der Waals surface area contributed by atoms with Crippen LogP contribution in [-0.4, -0.2) is 48.8 Å². The Bertz CT molecular complexity index is 292. The summed E-state index contributed by atoms with van der Waals surface area (Å²) < 4.78 is 0. The third-order valence-corrected chi connectivity index (χ3v) is 2.20. The van der Waals surface area contributed by atoms with Gasteiger partial charge in [-0.3, -0.25) is 14.4 Å². The summed E-state index contributed by atoms with van der Waals surface area (Å²) in [6.07, 6.45) is 0.331. The van der Waals surface area contributed by atoms with Crippen molar-refractivity contribution in [2.24, 2.45) is 0 Å². The Morgan fingerprint density at radius 3 is 2.24 bits per heavy atom. The van der Waals surface area contributed by atoms with E-state index < -0.39 is 6.04 Å². The molecule has 0 radical (unpaired) electrons. The highest BCUT2D eigenvalue weighted by atomic mass is 16.2. The summed E-state index contributed by atoms with van der Waals surface area (Å²) in [4.78, 5) is 35.4. The number of amides is 3. The molecule has 3 amide bonds. The second-order valence-corrected chi connectivity index (χ2v) is 3.79. The smallest absolute Gasteiger partial charge is 0.245 e. The summed E-state index contributed by atoms with van der Waals surface area (Å²) in [5.74, 6) is -0.673. The van der Waals surface area contributed by atoms with Gasteiger partial charge in [-0.05, 0) is 13.8 Å². The van der Waals surface area contributed by atoms with Crippen LogP contribution in [-0.2, 0) is 14.4 Å². The Kier molecular flexibility index (Phi) is 6.93. The molecule has 0 fully saturated rings. The molecule has 17 heavy (non-hydrogen) atoms. The Morgan fingerprint density at radius 1 is 1.18 bits per heavy atom. The molecule has 0 aromatic heterocycles. The minimum absolute atomic E-state index is 0.000983. The van der Waals surface area contributed by atoms with Gasteiger partial charge in [0.2, 0.25) is 17.7 Å². The number of carbonyl (C=O) groups excluding carboxylic acids is 3. The minimum Gasteiger partial charge on any atom is -0.355 e. The van der Waals surface area contributed by atoms with E-state index in [1.165, 1.54) is 11.9 Å². The maximum atomic E-state index is 11.8. The summed E-state index contributed by atoms with van der Waals surface area (Å²) in [5, 5.41) is 5.16. The van der Waals surface area contributed by atoms with Gasteiger partial charge >= 0.3 is 0 Å². The van der Waals surface area contributed by atoms with Gasteiger partial charge in [0.05, 0.1) is 6.54 Å². The zero-order chi connectivity index (χ0) is 13.4. The lowest BCUT2D eigenvalue weighted by atomic mass is 10.2. The fraction of sp³-hybridized carbons (Fsp3) is 0.727. The lowest BCUT2D eigenvalue weighted by Crippen LogP contribution is -2.48. The van der Waals surface area contributed by atoms with Crippen LogP contribution in [0.25, 0.3) is 0 Å². The van der Waals surface area contributed by atoms with E-state index in [-0.39, 0.29) is 24.3 Å². The third-order valence-electron chi connectivity index (χ3n) is 2.20. The van der Waals surface area contributed by atoms with Crippen LogP contribution >= 0.6 is 0 Å². The van der Waals surface area contributed by atoms with E-state index in [9.17, 15) is 14.4 Å². The molecule has 2 N–H and O–H groups in total. The first-order valence-corrected chi connectivity index (χ1v) is 5.73. The van der Waals surface area contributed by atoms with Crippen LogP contribution in [0.3, 0.4) is 0 Å². The zero-order valence-corrected chi connectivity index (χ0v) is 10.9. The van der Waals surface area contributed by atoms with Crippen molar-refractivity contribution in [1.29, 1.82) is 0 Å². The van der Waals surface area contributed by atoms with Crippen molar-refractivity contribution in [3.63, 3.8) is 0 Å². The van der Waals surface area contributed by atoms with Crippen molar-refractivity contribution in [1.82, 2.24) is 15.5 Å². The SMILES string of the molecule is CCNC(=O)CN(C)C(=O)[C@H](C)NC(=O)CC. The van der Waals surface area contributed by atoms with Crippen LogP contribution in [0, 0.1) is 0 Å². The molecular weight excluding hydrogens is 222 g/mol. The van der Waals surface area contributed by atoms with Crippen LogP contribution in [0.15, 0.2) is 0 Å². The second kappa shape index (κ2) is 7.65. The van der Waals surface area contributed by atoms with Gasteiger partial charge in [-0.25, -0.2) is 0 Å². The molecule has 6 nitrogen and oxygen atoms in total. The molecule has 0 aliphatic carbocycles. The van der Waals surface area contributed by atoms with Gasteiger partial charge in [-0.15, -0.1) is 0 Å². The topological polar surface area (TPSA) is 78.5 Å². The van der Waals surface area contributed by atoms with Crippen LogP contribution in [0.5, 0.6) is 0 Å². The van der Waals surface area contributed by atoms with Gasteiger partial charge < -0.3 is 15.5 Å². The van der Waals surface area contributed by atoms with E-state index in [4.69, 9.17) is 0 Å². The van der Waals surface area contributed by atoms with E-state index in [0.29, 0.717) is 13.0 Å². The van der Waals surface area contributed by atoms with E-state index in [2.05, 4.69) is 10.6 Å². The predicted molar refractivity (Wildman–Crippen MR) is 64.2 cm³/mol. The number of hydrogen-bond acceptors (Lipinski definition) is 3. The highest BCUT2D eigenvalue weighted by Crippen LogP contribution is 1.93. The molecule has 0 aromatic carbocycles. The molecule has 0 saturated heterocycles. The monoisotopic (exact) mass is 243 g/mol. The second-order valence-electron chi connectivity index (χ2n) is 3.79. The van der Waals surface area contributed by atoms with Crippen LogP contribution in [0.2, 0.25) is 0 Å². The lowest BCUT2D eigenvalue weighted by molar-refractivity contribution is -0.137. The molecule has 6 heteroatoms. The van der Waals surface area contributed by atoms with Crippen molar-refractivity contribution in [3.8, 4) is 0 Å². The van der Waals surface area contributed by atoms with Crippen molar-refractivity contribution in [3.05, 3.63) is 0 Å². The molecule has 98 valence electrons. The van der Waals surface area contributed by atoms with Crippen molar-refractivity contribution in [2.45, 2.75) is 33.2 Å². The fourth-order valence-corrected chi connectivity index (χ4v) is 1.28. The largest absolute Gasteiger partial charge is 0.355 e. The number of rotatable bonds is 6. The Labute approximate surface area is 102 Å². The lowest BCUT2D eigenvalue weighted by Gasteiger charge is -2.21. The van der Waals surface area contributed by atoms with Gasteiger partial charge in [0.25, 0.3) is 0 Å². The van der Waals surface area contributed by atoms with Gasteiger partial charge in [-0.2, -0.15) is 0 Å². The highest BCUT2D eigenvalue weighted by Gasteiger charge is 2.20. The van der Waals surface area contributed by atoms with Gasteiger partial charge in [-0.1, -0.05) is 6.92 Å². The molecule has 0 saturated carbocycles. The van der Waals surface area contributed by atoms with Crippen molar-refractivity contribution in [2.75, 3.05) is 20.1 Å². The summed E-state index contributed by atoms with van der Waals surface area (Å²) in [5.41, 5.74) is 0. The molecule has 0 aliphatic rings. The number of nitrogens with zero attached hydrogens (tertiary/aromatic N) is 1. The van der Waals surface area contributed by atoms with Crippen molar-refractivity contribution >= 4 is 17.7 Å². The normalized spacial score (nSPS) is 11.5. The summed E-state index contributed by atoms with van der Waals surface area (Å²) in [6.45, 7) is 5.65. The molecule has 1 atom stereocenters. The van der Waals surface area contributed by atoms with Gasteiger partial charge in [0.15, 0.2) is 0 Å². The summed E-state index contributed by atoms with van der Waals surface area (Å²) in [7, 11) is 1.53. The maximum Gasteiger partial charge on any atom is 0.245 e. The minimum atomic E-state index is -0.609. The van der Waals surface area contributed by atoms with E-state index >= 15 is 0 Å². The first-order valence-electron chi connectivity index (χ1n) is 5.73.